The summed E-state index contributed by atoms with van der Waals surface area (Å²) in [5.41, 5.74) is 9.84. The van der Waals surface area contributed by atoms with E-state index in [2.05, 4.69) is 27.8 Å². The molecular formula is C34H45N5O4S. The van der Waals surface area contributed by atoms with E-state index in [0.717, 1.165) is 41.7 Å². The second-order valence-corrected chi connectivity index (χ2v) is 12.5. The summed E-state index contributed by atoms with van der Waals surface area (Å²) in [5, 5.41) is 6.05. The van der Waals surface area contributed by atoms with Gasteiger partial charge >= 0.3 is 12.1 Å². The van der Waals surface area contributed by atoms with Crippen LogP contribution >= 0.6 is 11.3 Å². The predicted octanol–water partition coefficient (Wildman–Crippen LogP) is 5.49. The Morgan fingerprint density at radius 1 is 0.886 bits per heavy atom. The lowest BCUT2D eigenvalue weighted by Gasteiger charge is -2.29. The lowest BCUT2D eigenvalue weighted by molar-refractivity contribution is -0.122. The molecule has 0 saturated carbocycles. The van der Waals surface area contributed by atoms with Crippen molar-refractivity contribution in [3.05, 3.63) is 88.4 Å². The van der Waals surface area contributed by atoms with E-state index in [1.807, 2.05) is 48.5 Å². The summed E-state index contributed by atoms with van der Waals surface area (Å²) in [7, 11) is 0. The van der Waals surface area contributed by atoms with Crippen molar-refractivity contribution in [2.24, 2.45) is 11.7 Å². The first-order chi connectivity index (χ1) is 21.5. The van der Waals surface area contributed by atoms with Gasteiger partial charge in [-0.1, -0.05) is 60.7 Å². The van der Waals surface area contributed by atoms with Crippen molar-refractivity contribution >= 4 is 29.2 Å². The Morgan fingerprint density at radius 2 is 1.57 bits per heavy atom. The van der Waals surface area contributed by atoms with E-state index in [9.17, 15) is 14.4 Å². The van der Waals surface area contributed by atoms with Gasteiger partial charge < -0.3 is 26.0 Å². The van der Waals surface area contributed by atoms with Crippen molar-refractivity contribution in [1.82, 2.24) is 20.5 Å². The van der Waals surface area contributed by atoms with Crippen LogP contribution in [0.4, 0.5) is 9.59 Å². The number of aromatic nitrogens is 1. The molecule has 1 aliphatic heterocycles. The molecule has 1 aliphatic rings. The quantitative estimate of drug-likeness (QED) is 0.195. The molecule has 236 valence electrons. The summed E-state index contributed by atoms with van der Waals surface area (Å²) in [4.78, 5) is 46.1. The van der Waals surface area contributed by atoms with Gasteiger partial charge in [-0.15, -0.1) is 11.3 Å². The summed E-state index contributed by atoms with van der Waals surface area (Å²) in [6, 6.07) is 19.2. The van der Waals surface area contributed by atoms with E-state index in [1.165, 1.54) is 11.3 Å². The number of urea groups is 1. The van der Waals surface area contributed by atoms with E-state index >= 15 is 0 Å². The highest BCUT2D eigenvalue weighted by Crippen LogP contribution is 2.22. The van der Waals surface area contributed by atoms with E-state index in [4.69, 9.17) is 10.5 Å². The number of nitrogens with two attached hydrogens (primary N) is 1. The number of rotatable bonds is 16. The van der Waals surface area contributed by atoms with Crippen LogP contribution in [0, 0.1) is 5.92 Å². The van der Waals surface area contributed by atoms with Gasteiger partial charge in [0.25, 0.3) is 0 Å². The molecule has 44 heavy (non-hydrogen) atoms. The molecule has 4 rings (SSSR count). The van der Waals surface area contributed by atoms with E-state index in [0.29, 0.717) is 51.7 Å². The van der Waals surface area contributed by atoms with Crippen LogP contribution in [-0.4, -0.2) is 59.5 Å². The standard InChI is InChI=1S/C34H45N5O4S/c35-17-16-31(38-33(41)39-18-8-3-9-19-39)32(40)22-28(20-26-10-4-1-5-11-26)14-15-29(21-27-12-6-2-7-13-27)37-34(42)43-24-30-23-36-25-44-30/h1-2,4-7,10-13,23,25,28-29,31H,3,8-9,14-22,24,35H2,(H,37,42)(H,38,41)/t28-,29-,31+/m1/s1. The number of Topliss-reactive ketones (excluding diaryl/α,β-unsaturated/α-hetero) is 1. The van der Waals surface area contributed by atoms with Gasteiger partial charge in [0.2, 0.25) is 0 Å². The number of nitrogens with one attached hydrogen (secondary N) is 2. The summed E-state index contributed by atoms with van der Waals surface area (Å²) in [6.45, 7) is 1.92. The Kier molecular flexibility index (Phi) is 13.7. The normalized spacial score (nSPS) is 15.2. The van der Waals surface area contributed by atoms with Crippen LogP contribution in [0.25, 0.3) is 0 Å². The first-order valence-electron chi connectivity index (χ1n) is 15.7. The molecule has 3 aromatic rings. The molecule has 1 fully saturated rings. The van der Waals surface area contributed by atoms with Crippen LogP contribution in [0.15, 0.2) is 72.4 Å². The Labute approximate surface area is 264 Å². The van der Waals surface area contributed by atoms with Gasteiger partial charge in [0.15, 0.2) is 5.78 Å². The molecule has 2 aromatic carbocycles. The highest BCUT2D eigenvalue weighted by molar-refractivity contribution is 7.09. The number of amides is 3. The van der Waals surface area contributed by atoms with Gasteiger partial charge in [0.1, 0.15) is 6.61 Å². The van der Waals surface area contributed by atoms with Gasteiger partial charge in [0.05, 0.1) is 16.4 Å². The van der Waals surface area contributed by atoms with Gasteiger partial charge in [-0.05, 0) is 75.0 Å². The molecule has 1 saturated heterocycles. The second-order valence-electron chi connectivity index (χ2n) is 11.5. The fourth-order valence-corrected chi connectivity index (χ4v) is 6.19. The van der Waals surface area contributed by atoms with Crippen molar-refractivity contribution in [3.63, 3.8) is 0 Å². The number of carbonyl (C=O) groups is 3. The maximum absolute atomic E-state index is 13.7. The zero-order chi connectivity index (χ0) is 31.0. The highest BCUT2D eigenvalue weighted by atomic mass is 32.1. The lowest BCUT2D eigenvalue weighted by Crippen LogP contribution is -2.50. The van der Waals surface area contributed by atoms with Crippen LogP contribution in [0.5, 0.6) is 0 Å². The summed E-state index contributed by atoms with van der Waals surface area (Å²) >= 11 is 1.44. The van der Waals surface area contributed by atoms with Gasteiger partial charge in [-0.25, -0.2) is 9.59 Å². The molecule has 0 spiro atoms. The van der Waals surface area contributed by atoms with Crippen LogP contribution < -0.4 is 16.4 Å². The number of thiazole rings is 1. The summed E-state index contributed by atoms with van der Waals surface area (Å²) in [6.07, 6.45) is 7.77. The topological polar surface area (TPSA) is 127 Å². The summed E-state index contributed by atoms with van der Waals surface area (Å²) in [5.74, 6) is 0.0172. The van der Waals surface area contributed by atoms with Gasteiger partial charge in [-0.3, -0.25) is 9.78 Å². The number of ether oxygens (including phenoxy) is 1. The molecule has 3 atom stereocenters. The van der Waals surface area contributed by atoms with E-state index in [-0.39, 0.29) is 30.4 Å². The molecule has 10 heteroatoms. The van der Waals surface area contributed by atoms with Crippen molar-refractivity contribution in [2.45, 2.75) is 76.5 Å². The fraction of sp³-hybridized carbons (Fsp3) is 0.471. The molecule has 0 radical (unpaired) electrons. The number of carbonyl (C=O) groups excluding carboxylic acids is 3. The molecule has 0 aliphatic carbocycles. The molecule has 4 N–H and O–H groups in total. The predicted molar refractivity (Wildman–Crippen MR) is 173 cm³/mol. The molecule has 0 bridgehead atoms. The summed E-state index contributed by atoms with van der Waals surface area (Å²) < 4.78 is 5.48. The smallest absolute Gasteiger partial charge is 0.407 e. The van der Waals surface area contributed by atoms with Crippen molar-refractivity contribution in [2.75, 3.05) is 19.6 Å². The average Bonchev–Trinajstić information content (AvgIpc) is 3.57. The Balaban J connectivity index is 1.42. The van der Waals surface area contributed by atoms with Gasteiger partial charge in [0, 0.05) is 31.7 Å². The van der Waals surface area contributed by atoms with Gasteiger partial charge in [-0.2, -0.15) is 0 Å². The minimum Gasteiger partial charge on any atom is -0.444 e. The number of piperidine rings is 1. The van der Waals surface area contributed by atoms with Crippen molar-refractivity contribution in [3.8, 4) is 0 Å². The molecule has 9 nitrogen and oxygen atoms in total. The Bertz CT molecular complexity index is 1270. The zero-order valence-corrected chi connectivity index (χ0v) is 26.2. The second kappa shape index (κ2) is 18.1. The lowest BCUT2D eigenvalue weighted by atomic mass is 9.86. The maximum Gasteiger partial charge on any atom is 0.407 e. The van der Waals surface area contributed by atoms with E-state index in [1.54, 1.807) is 16.6 Å². The molecule has 3 amide bonds. The largest absolute Gasteiger partial charge is 0.444 e. The maximum atomic E-state index is 13.7. The number of likely N-dealkylation sites (tertiary alicyclic amines) is 1. The average molecular weight is 620 g/mol. The SMILES string of the molecule is NCC[C@H](NC(=O)N1CCCCC1)C(=O)C[C@H](CC[C@H](Cc1ccccc1)NC(=O)OCc1cncs1)Cc1ccccc1. The van der Waals surface area contributed by atoms with Crippen LogP contribution in [0.3, 0.4) is 0 Å². The number of ketones is 1. The number of benzene rings is 2. The fourth-order valence-electron chi connectivity index (χ4n) is 5.69. The first-order valence-corrected chi connectivity index (χ1v) is 16.5. The first kappa shape index (κ1) is 33.1. The third-order valence-electron chi connectivity index (χ3n) is 8.04. The number of hydrogen-bond donors (Lipinski definition) is 3. The molecule has 2 heterocycles. The zero-order valence-electron chi connectivity index (χ0n) is 25.4. The minimum absolute atomic E-state index is 0.00160. The third-order valence-corrected chi connectivity index (χ3v) is 8.79. The number of nitrogens with zero attached hydrogens (tertiary/aromatic N) is 2. The highest BCUT2D eigenvalue weighted by Gasteiger charge is 2.27. The van der Waals surface area contributed by atoms with Crippen LogP contribution in [0.2, 0.25) is 0 Å². The van der Waals surface area contributed by atoms with Crippen molar-refractivity contribution < 1.29 is 19.1 Å². The Hall–Kier alpha value is -3.76. The molecule has 0 unspecified atom stereocenters. The Morgan fingerprint density at radius 3 is 2.20 bits per heavy atom. The minimum atomic E-state index is -0.618. The van der Waals surface area contributed by atoms with Crippen molar-refractivity contribution in [1.29, 1.82) is 0 Å². The number of alkyl carbamates (subject to hydrolysis) is 1. The van der Waals surface area contributed by atoms with E-state index < -0.39 is 12.1 Å². The molecular weight excluding hydrogens is 574 g/mol. The number of hydrogen-bond acceptors (Lipinski definition) is 7. The monoisotopic (exact) mass is 619 g/mol. The molecule has 1 aromatic heterocycles. The van der Waals surface area contributed by atoms with Crippen LogP contribution in [0.1, 0.15) is 60.9 Å². The third kappa shape index (κ3) is 11.4. The van der Waals surface area contributed by atoms with Crippen LogP contribution in [-0.2, 0) is 29.0 Å².